The number of hydrogen-bond donors (Lipinski definition) is 2. The minimum Gasteiger partial charge on any atom is -0.478 e. The number of fused-ring (bicyclic) bond motifs is 1. The van der Waals surface area contributed by atoms with E-state index in [1.807, 2.05) is 0 Å². The van der Waals surface area contributed by atoms with Crippen LogP contribution >= 0.6 is 0 Å². The number of nitrogens with one attached hydrogen (secondary N) is 1. The topological polar surface area (TPSA) is 86.9 Å². The van der Waals surface area contributed by atoms with E-state index in [0.29, 0.717) is 11.3 Å². The van der Waals surface area contributed by atoms with Crippen LogP contribution in [0.1, 0.15) is 46.4 Å². The van der Waals surface area contributed by atoms with Crippen molar-refractivity contribution in [3.05, 3.63) is 69.1 Å². The number of alkyl halides is 3. The highest BCUT2D eigenvalue weighted by Crippen LogP contribution is 2.37. The molecule has 0 bridgehead atoms. The minimum absolute atomic E-state index is 0.0248. The summed E-state index contributed by atoms with van der Waals surface area (Å²) in [6, 6.07) is 6.04. The molecule has 3 aromatic rings. The molecule has 7 nitrogen and oxygen atoms in total. The number of para-hydroxylation sites is 1. The molecule has 2 N–H and O–H groups in total. The summed E-state index contributed by atoms with van der Waals surface area (Å²) in [6.45, 7) is 5.22. The highest BCUT2D eigenvalue weighted by Gasteiger charge is 2.49. The van der Waals surface area contributed by atoms with Gasteiger partial charge in [0.05, 0.1) is 17.2 Å². The number of rotatable bonds is 5. The van der Waals surface area contributed by atoms with Gasteiger partial charge in [-0.15, -0.1) is 0 Å². The third-order valence-electron chi connectivity index (χ3n) is 5.95. The molecule has 4 rings (SSSR count). The van der Waals surface area contributed by atoms with Gasteiger partial charge in [-0.25, -0.2) is 9.78 Å². The predicted molar refractivity (Wildman–Crippen MR) is 118 cm³/mol. The molecule has 0 unspecified atom stereocenters. The normalized spacial score (nSPS) is 17.0. The van der Waals surface area contributed by atoms with Gasteiger partial charge < -0.3 is 15.3 Å². The number of carboxylic acid groups (broad SMARTS) is 1. The molecule has 0 radical (unpaired) electrons. The number of nitrogens with zero attached hydrogens (tertiary/aromatic N) is 3. The second-order valence-corrected chi connectivity index (χ2v) is 8.29. The molecule has 33 heavy (non-hydrogen) atoms. The number of halogens is 3. The SMILES string of the molecule is Cc1cc([C@@H](C)Nc2ccccc2C(=O)O)c2nc(N3CC[C@@H]3C(F)(F)F)c(C)c(=O)n2c1. The van der Waals surface area contributed by atoms with Gasteiger partial charge in [-0.1, -0.05) is 12.1 Å². The van der Waals surface area contributed by atoms with Gasteiger partial charge in [-0.2, -0.15) is 13.2 Å². The molecule has 1 aromatic carbocycles. The van der Waals surface area contributed by atoms with Crippen molar-refractivity contribution in [1.29, 1.82) is 0 Å². The zero-order valence-electron chi connectivity index (χ0n) is 18.3. The molecular formula is C23H23F3N4O3. The molecule has 10 heteroatoms. The molecule has 2 aromatic heterocycles. The van der Waals surface area contributed by atoms with Crippen LogP contribution in [-0.4, -0.2) is 39.2 Å². The first-order chi connectivity index (χ1) is 15.5. The maximum Gasteiger partial charge on any atom is 0.408 e. The summed E-state index contributed by atoms with van der Waals surface area (Å²) < 4.78 is 41.5. The van der Waals surface area contributed by atoms with Gasteiger partial charge in [0.25, 0.3) is 5.56 Å². The van der Waals surface area contributed by atoms with Crippen molar-refractivity contribution >= 4 is 23.1 Å². The van der Waals surface area contributed by atoms with Gasteiger partial charge in [0.15, 0.2) is 0 Å². The molecule has 1 aliphatic rings. The lowest BCUT2D eigenvalue weighted by molar-refractivity contribution is -0.159. The number of carbonyl (C=O) groups is 1. The van der Waals surface area contributed by atoms with E-state index >= 15 is 0 Å². The maximum absolute atomic E-state index is 13.4. The Kier molecular flexibility index (Phi) is 5.55. The Morgan fingerprint density at radius 1 is 1.27 bits per heavy atom. The third kappa shape index (κ3) is 4.01. The number of aryl methyl sites for hydroxylation is 1. The number of aromatic carboxylic acids is 1. The lowest BCUT2D eigenvalue weighted by Crippen LogP contribution is -2.57. The molecule has 2 atom stereocenters. The van der Waals surface area contributed by atoms with Crippen LogP contribution in [0.4, 0.5) is 24.7 Å². The van der Waals surface area contributed by atoms with E-state index in [1.54, 1.807) is 44.3 Å². The molecule has 0 amide bonds. The van der Waals surface area contributed by atoms with Crippen molar-refractivity contribution in [2.75, 3.05) is 16.8 Å². The second-order valence-electron chi connectivity index (χ2n) is 8.29. The summed E-state index contributed by atoms with van der Waals surface area (Å²) in [6.07, 6.45) is -2.86. The van der Waals surface area contributed by atoms with Crippen molar-refractivity contribution in [2.24, 2.45) is 0 Å². The van der Waals surface area contributed by atoms with Gasteiger partial charge in [0, 0.05) is 24.0 Å². The van der Waals surface area contributed by atoms with Crippen LogP contribution < -0.4 is 15.8 Å². The van der Waals surface area contributed by atoms with Crippen molar-refractivity contribution in [3.8, 4) is 0 Å². The maximum atomic E-state index is 13.4. The largest absolute Gasteiger partial charge is 0.478 e. The number of pyridine rings is 1. The Hall–Kier alpha value is -3.56. The minimum atomic E-state index is -4.41. The third-order valence-corrected chi connectivity index (χ3v) is 5.95. The lowest BCUT2D eigenvalue weighted by atomic mass is 10.0. The van der Waals surface area contributed by atoms with E-state index in [2.05, 4.69) is 10.3 Å². The zero-order chi connectivity index (χ0) is 24.1. The fourth-order valence-corrected chi connectivity index (χ4v) is 4.17. The van der Waals surface area contributed by atoms with Gasteiger partial charge in [-0.3, -0.25) is 9.20 Å². The Morgan fingerprint density at radius 3 is 2.58 bits per heavy atom. The van der Waals surface area contributed by atoms with Crippen LogP contribution in [0.5, 0.6) is 0 Å². The highest BCUT2D eigenvalue weighted by atomic mass is 19.4. The highest BCUT2D eigenvalue weighted by molar-refractivity contribution is 5.94. The average molecular weight is 460 g/mol. The molecular weight excluding hydrogens is 437 g/mol. The molecule has 1 fully saturated rings. The van der Waals surface area contributed by atoms with Crippen LogP contribution in [0.15, 0.2) is 41.3 Å². The summed E-state index contributed by atoms with van der Waals surface area (Å²) in [4.78, 5) is 30.3. The van der Waals surface area contributed by atoms with E-state index < -0.39 is 29.8 Å². The summed E-state index contributed by atoms with van der Waals surface area (Å²) in [5.74, 6) is -1.07. The van der Waals surface area contributed by atoms with Crippen LogP contribution in [-0.2, 0) is 0 Å². The number of anilines is 2. The first-order valence-corrected chi connectivity index (χ1v) is 10.4. The smallest absolute Gasteiger partial charge is 0.408 e. The van der Waals surface area contributed by atoms with Gasteiger partial charge >= 0.3 is 12.1 Å². The van der Waals surface area contributed by atoms with Gasteiger partial charge in [-0.05, 0) is 51.0 Å². The monoisotopic (exact) mass is 460 g/mol. The van der Waals surface area contributed by atoms with Crippen LogP contribution in [0.2, 0.25) is 0 Å². The Morgan fingerprint density at radius 2 is 1.97 bits per heavy atom. The first-order valence-electron chi connectivity index (χ1n) is 10.4. The number of aromatic nitrogens is 2. The van der Waals surface area contributed by atoms with Crippen molar-refractivity contribution in [2.45, 2.75) is 45.5 Å². The molecule has 1 saturated heterocycles. The predicted octanol–water partition coefficient (Wildman–Crippen LogP) is 4.32. The van der Waals surface area contributed by atoms with Crippen LogP contribution in [0.3, 0.4) is 0 Å². The van der Waals surface area contributed by atoms with Crippen LogP contribution in [0, 0.1) is 13.8 Å². The van der Waals surface area contributed by atoms with E-state index in [-0.39, 0.29) is 35.6 Å². The molecule has 0 aliphatic carbocycles. The fraction of sp³-hybridized carbons (Fsp3) is 0.348. The Labute approximate surface area is 187 Å². The molecule has 0 saturated carbocycles. The summed E-state index contributed by atoms with van der Waals surface area (Å²) in [5.41, 5.74) is 1.72. The number of carboxylic acids is 1. The number of hydrogen-bond acceptors (Lipinski definition) is 5. The summed E-state index contributed by atoms with van der Waals surface area (Å²) in [5, 5.41) is 12.6. The quantitative estimate of drug-likeness (QED) is 0.590. The first kappa shape index (κ1) is 22.6. The van der Waals surface area contributed by atoms with Crippen LogP contribution in [0.25, 0.3) is 5.65 Å². The number of benzene rings is 1. The molecule has 174 valence electrons. The second kappa shape index (κ2) is 8.09. The fourth-order valence-electron chi connectivity index (χ4n) is 4.17. The van der Waals surface area contributed by atoms with Gasteiger partial charge in [0.2, 0.25) is 0 Å². The molecule has 1 aliphatic heterocycles. The Bertz CT molecular complexity index is 1300. The molecule has 0 spiro atoms. The zero-order valence-corrected chi connectivity index (χ0v) is 18.3. The van der Waals surface area contributed by atoms with E-state index in [9.17, 15) is 27.9 Å². The Balaban J connectivity index is 1.83. The van der Waals surface area contributed by atoms with Crippen molar-refractivity contribution in [3.63, 3.8) is 0 Å². The average Bonchev–Trinajstić information content (AvgIpc) is 2.70. The lowest BCUT2D eigenvalue weighted by Gasteiger charge is -2.43. The van der Waals surface area contributed by atoms with E-state index in [4.69, 9.17) is 0 Å². The summed E-state index contributed by atoms with van der Waals surface area (Å²) >= 11 is 0. The summed E-state index contributed by atoms with van der Waals surface area (Å²) in [7, 11) is 0. The van der Waals surface area contributed by atoms with Crippen molar-refractivity contribution in [1.82, 2.24) is 9.38 Å². The van der Waals surface area contributed by atoms with Crippen molar-refractivity contribution < 1.29 is 23.1 Å². The van der Waals surface area contributed by atoms with Gasteiger partial charge in [0.1, 0.15) is 17.5 Å². The van der Waals surface area contributed by atoms with E-state index in [0.717, 1.165) is 10.5 Å². The van der Waals surface area contributed by atoms with E-state index in [1.165, 1.54) is 17.4 Å². The standard InChI is InChI=1S/C23H23F3N4O3/c1-12-10-16(14(3)27-17-7-5-4-6-15(17)22(32)33)20-28-19(13(2)21(31)30(20)11-12)29-9-8-18(29)23(24,25)26/h4-7,10-11,14,18,27H,8-9H2,1-3H3,(H,32,33)/t14-,18-/m1/s1. The molecule has 3 heterocycles.